The Morgan fingerprint density at radius 2 is 2.05 bits per heavy atom. The minimum atomic E-state index is -0.411. The Hall–Kier alpha value is -4.50. The molecule has 0 saturated carbocycles. The van der Waals surface area contributed by atoms with Crippen molar-refractivity contribution in [1.82, 2.24) is 39.8 Å². The number of hydrogen-bond acceptors (Lipinski definition) is 9. The molecule has 0 spiro atoms. The van der Waals surface area contributed by atoms with Crippen LogP contribution in [0.15, 0.2) is 36.8 Å². The summed E-state index contributed by atoms with van der Waals surface area (Å²) >= 11 is 0. The van der Waals surface area contributed by atoms with Gasteiger partial charge in [-0.3, -0.25) is 14.3 Å². The van der Waals surface area contributed by atoms with Gasteiger partial charge in [0.15, 0.2) is 5.65 Å². The molecule has 0 aromatic carbocycles. The van der Waals surface area contributed by atoms with Crippen LogP contribution in [0.5, 0.6) is 0 Å². The molecule has 1 fully saturated rings. The zero-order valence-electron chi connectivity index (χ0n) is 24.9. The summed E-state index contributed by atoms with van der Waals surface area (Å²) in [7, 11) is 5.74. The fourth-order valence-electron chi connectivity index (χ4n) is 4.58. The minimum Gasteiger partial charge on any atom is -0.369 e. The van der Waals surface area contributed by atoms with Gasteiger partial charge in [-0.2, -0.15) is 10.1 Å². The number of rotatable bonds is 12. The van der Waals surface area contributed by atoms with Gasteiger partial charge in [-0.05, 0) is 45.8 Å². The van der Waals surface area contributed by atoms with Crippen LogP contribution in [0.2, 0.25) is 0 Å². The van der Waals surface area contributed by atoms with Crippen LogP contribution in [0.4, 0.5) is 17.5 Å². The van der Waals surface area contributed by atoms with Crippen molar-refractivity contribution in [2.24, 2.45) is 7.05 Å². The molecule has 12 heteroatoms. The molecule has 3 N–H and O–H groups in total. The highest BCUT2D eigenvalue weighted by Crippen LogP contribution is 2.20. The van der Waals surface area contributed by atoms with Crippen LogP contribution in [0, 0.1) is 11.8 Å². The van der Waals surface area contributed by atoms with Crippen LogP contribution in [-0.4, -0.2) is 92.7 Å². The molecular weight excluding hydrogens is 532 g/mol. The first kappa shape index (κ1) is 30.5. The second kappa shape index (κ2) is 14.9. The molecule has 3 aromatic heterocycles. The lowest BCUT2D eigenvalue weighted by Crippen LogP contribution is -2.45. The third-order valence-corrected chi connectivity index (χ3v) is 6.73. The van der Waals surface area contributed by atoms with Gasteiger partial charge in [0.2, 0.25) is 17.8 Å². The highest BCUT2D eigenvalue weighted by atomic mass is 16.2. The van der Waals surface area contributed by atoms with Crippen molar-refractivity contribution in [2.75, 3.05) is 50.9 Å². The first-order valence-corrected chi connectivity index (χ1v) is 14.4. The van der Waals surface area contributed by atoms with E-state index >= 15 is 0 Å². The Bertz CT molecular complexity index is 1470. The zero-order chi connectivity index (χ0) is 29.9. The molecule has 1 aliphatic rings. The fourth-order valence-corrected chi connectivity index (χ4v) is 4.58. The predicted molar refractivity (Wildman–Crippen MR) is 164 cm³/mol. The quantitative estimate of drug-likeness (QED) is 0.170. The van der Waals surface area contributed by atoms with E-state index in [0.717, 1.165) is 36.1 Å². The number of amides is 2. The van der Waals surface area contributed by atoms with Gasteiger partial charge in [0, 0.05) is 51.1 Å². The highest BCUT2D eigenvalue weighted by Gasteiger charge is 2.32. The van der Waals surface area contributed by atoms with Crippen LogP contribution < -0.4 is 16.0 Å². The first-order valence-electron chi connectivity index (χ1n) is 14.4. The topological polar surface area (TPSA) is 133 Å². The summed E-state index contributed by atoms with van der Waals surface area (Å²) in [4.78, 5) is 42.5. The van der Waals surface area contributed by atoms with E-state index in [4.69, 9.17) is 0 Å². The predicted octanol–water partition coefficient (Wildman–Crippen LogP) is 2.68. The fraction of sp³-hybridized carbons (Fsp3) is 0.467. The normalized spacial score (nSPS) is 14.8. The maximum absolute atomic E-state index is 12.8. The van der Waals surface area contributed by atoms with E-state index in [9.17, 15) is 9.59 Å². The van der Waals surface area contributed by atoms with Gasteiger partial charge in [0.25, 0.3) is 0 Å². The third-order valence-electron chi connectivity index (χ3n) is 6.73. The SMILES string of the molecule is CCCNc1nc(Nc2cnc3c(cnn3C)c2)ncc1C#CCCCNC(=O)[C@@H]1CCCN1C(=O)C=CCN(C)C. The van der Waals surface area contributed by atoms with Gasteiger partial charge in [0.1, 0.15) is 11.9 Å². The monoisotopic (exact) mass is 572 g/mol. The largest absolute Gasteiger partial charge is 0.369 e. The Kier molecular flexibility index (Phi) is 10.8. The number of carbonyl (C=O) groups is 2. The molecule has 12 nitrogen and oxygen atoms in total. The van der Waals surface area contributed by atoms with Crippen molar-refractivity contribution in [3.8, 4) is 11.8 Å². The summed E-state index contributed by atoms with van der Waals surface area (Å²) in [5.41, 5.74) is 2.28. The zero-order valence-corrected chi connectivity index (χ0v) is 24.9. The number of likely N-dealkylation sites (tertiary alicyclic amines) is 1. The van der Waals surface area contributed by atoms with E-state index < -0.39 is 6.04 Å². The van der Waals surface area contributed by atoms with Crippen molar-refractivity contribution in [3.63, 3.8) is 0 Å². The number of anilines is 3. The number of hydrogen-bond donors (Lipinski definition) is 3. The molecule has 3 aromatic rings. The second-order valence-corrected chi connectivity index (χ2v) is 10.5. The summed E-state index contributed by atoms with van der Waals surface area (Å²) in [5, 5.41) is 14.7. The molecule has 1 aliphatic heterocycles. The molecule has 0 bridgehead atoms. The van der Waals surface area contributed by atoms with Gasteiger partial charge < -0.3 is 25.8 Å². The molecule has 1 atom stereocenters. The number of pyridine rings is 1. The standard InChI is InChI=1S/C30H40N10O2/c1-5-14-31-27-22(19-34-30(37-27)36-24-18-23-20-35-39(4)28(23)33-21-24)11-7-6-8-15-32-29(42)25-12-9-17-40(25)26(41)13-10-16-38(2)3/h10,13,18-21,25H,5-6,8-9,12,14-17H2,1-4H3,(H,32,42)(H2,31,34,36,37)/t25-/m0/s1. The molecule has 42 heavy (non-hydrogen) atoms. The van der Waals surface area contributed by atoms with Gasteiger partial charge >= 0.3 is 0 Å². The Balaban J connectivity index is 1.29. The van der Waals surface area contributed by atoms with E-state index in [1.807, 2.05) is 38.2 Å². The van der Waals surface area contributed by atoms with Crippen molar-refractivity contribution < 1.29 is 9.59 Å². The van der Waals surface area contributed by atoms with Crippen molar-refractivity contribution in [2.45, 2.75) is 45.1 Å². The number of aromatic nitrogens is 5. The molecule has 0 unspecified atom stereocenters. The van der Waals surface area contributed by atoms with Gasteiger partial charge in [-0.15, -0.1) is 0 Å². The minimum absolute atomic E-state index is 0.102. The van der Waals surface area contributed by atoms with E-state index in [1.165, 1.54) is 0 Å². The average Bonchev–Trinajstić information content (AvgIpc) is 3.61. The first-order chi connectivity index (χ1) is 20.4. The van der Waals surface area contributed by atoms with Crippen LogP contribution >= 0.6 is 0 Å². The molecular formula is C30H40N10O2. The molecule has 2 amide bonds. The number of unbranched alkanes of at least 4 members (excludes halogenated alkanes) is 1. The van der Waals surface area contributed by atoms with Gasteiger partial charge in [-0.1, -0.05) is 24.8 Å². The van der Waals surface area contributed by atoms with E-state index in [1.54, 1.807) is 34.2 Å². The molecule has 0 aliphatic carbocycles. The number of likely N-dealkylation sites (N-methyl/N-ethyl adjacent to an activating group) is 1. The Labute approximate surface area is 247 Å². The summed E-state index contributed by atoms with van der Waals surface area (Å²) in [6, 6.07) is 1.54. The van der Waals surface area contributed by atoms with E-state index in [-0.39, 0.29) is 11.8 Å². The van der Waals surface area contributed by atoms with Crippen LogP contribution in [-0.2, 0) is 16.6 Å². The van der Waals surface area contributed by atoms with Gasteiger partial charge in [0.05, 0.1) is 29.8 Å². The number of nitrogens with one attached hydrogen (secondary N) is 3. The molecule has 222 valence electrons. The maximum atomic E-state index is 12.8. The van der Waals surface area contributed by atoms with Crippen LogP contribution in [0.25, 0.3) is 11.0 Å². The van der Waals surface area contributed by atoms with Crippen LogP contribution in [0.3, 0.4) is 0 Å². The maximum Gasteiger partial charge on any atom is 0.246 e. The number of fused-ring (bicyclic) bond motifs is 1. The summed E-state index contributed by atoms with van der Waals surface area (Å²) in [5.74, 6) is 7.24. The lowest BCUT2D eigenvalue weighted by Gasteiger charge is -2.22. The molecule has 0 radical (unpaired) electrons. The number of nitrogens with zero attached hydrogens (tertiary/aromatic N) is 7. The smallest absolute Gasteiger partial charge is 0.246 e. The summed E-state index contributed by atoms with van der Waals surface area (Å²) < 4.78 is 1.72. The third kappa shape index (κ3) is 8.27. The molecule has 1 saturated heterocycles. The molecule has 4 rings (SSSR count). The summed E-state index contributed by atoms with van der Waals surface area (Å²) in [6.07, 6.45) is 12.4. The number of aryl methyl sites for hydroxylation is 1. The highest BCUT2D eigenvalue weighted by molar-refractivity contribution is 5.93. The average molecular weight is 573 g/mol. The molecule has 4 heterocycles. The van der Waals surface area contributed by atoms with Gasteiger partial charge in [-0.25, -0.2) is 9.97 Å². The Morgan fingerprint density at radius 3 is 2.86 bits per heavy atom. The second-order valence-electron chi connectivity index (χ2n) is 10.5. The van der Waals surface area contributed by atoms with Crippen molar-refractivity contribution >= 4 is 40.3 Å². The van der Waals surface area contributed by atoms with E-state index in [2.05, 4.69) is 54.8 Å². The van der Waals surface area contributed by atoms with E-state index in [0.29, 0.717) is 56.2 Å². The summed E-state index contributed by atoms with van der Waals surface area (Å²) in [6.45, 7) is 4.63. The Morgan fingerprint density at radius 1 is 1.19 bits per heavy atom. The lowest BCUT2D eigenvalue weighted by molar-refractivity contribution is -0.135. The van der Waals surface area contributed by atoms with Crippen molar-refractivity contribution in [3.05, 3.63) is 42.4 Å². The van der Waals surface area contributed by atoms with Crippen molar-refractivity contribution in [1.29, 1.82) is 0 Å². The number of carbonyl (C=O) groups excluding carboxylic acids is 2. The lowest BCUT2D eigenvalue weighted by atomic mass is 10.2. The van der Waals surface area contributed by atoms with Crippen LogP contribution in [0.1, 0.15) is 44.6 Å².